The quantitative estimate of drug-likeness (QED) is 0.648. The van der Waals surface area contributed by atoms with Crippen molar-refractivity contribution in [2.75, 3.05) is 5.32 Å². The van der Waals surface area contributed by atoms with Crippen LogP contribution in [0, 0.1) is 25.2 Å². The van der Waals surface area contributed by atoms with Gasteiger partial charge in [-0.1, -0.05) is 35.4 Å². The van der Waals surface area contributed by atoms with Crippen LogP contribution < -0.4 is 5.32 Å². The number of nitrogens with one attached hydrogen (secondary N) is 1. The lowest BCUT2D eigenvalue weighted by atomic mass is 10.0. The third-order valence-corrected chi connectivity index (χ3v) is 4.48. The Bertz CT molecular complexity index is 1100. The number of aryl methyl sites for hydroxylation is 2. The van der Waals surface area contributed by atoms with Gasteiger partial charge >= 0.3 is 0 Å². The van der Waals surface area contributed by atoms with Crippen LogP contribution >= 0.6 is 0 Å². The maximum atomic E-state index is 9.85. The molecule has 2 heterocycles. The number of rotatable bonds is 2. The Hall–Kier alpha value is -3.71. The fourth-order valence-corrected chi connectivity index (χ4v) is 3.09. The van der Waals surface area contributed by atoms with Gasteiger partial charge in [-0.25, -0.2) is 4.99 Å². The van der Waals surface area contributed by atoms with Crippen molar-refractivity contribution >= 4 is 22.7 Å². The summed E-state index contributed by atoms with van der Waals surface area (Å²) in [5.74, 6) is 0. The Morgan fingerprint density at radius 2 is 1.78 bits per heavy atom. The van der Waals surface area contributed by atoms with Crippen molar-refractivity contribution in [3.05, 3.63) is 94.9 Å². The van der Waals surface area contributed by atoms with Crippen LogP contribution in [0.3, 0.4) is 0 Å². The summed E-state index contributed by atoms with van der Waals surface area (Å²) in [5.41, 5.74) is 7.68. The van der Waals surface area contributed by atoms with Gasteiger partial charge in [-0.3, -0.25) is 4.98 Å². The topological polar surface area (TPSA) is 61.1 Å². The van der Waals surface area contributed by atoms with Gasteiger partial charge in [0.2, 0.25) is 0 Å². The second kappa shape index (κ2) is 6.89. The standard InChI is InChI=1S/C23H18N4/c1-15-6-9-17(10-7-15)26-22-18-13-16(2)8-11-21(18)27-23(22)19(14-24)20-5-3-4-12-25-20/h3-13,27H,1-2H3/b23-19-,26-22?. The Labute approximate surface area is 158 Å². The van der Waals surface area contributed by atoms with Gasteiger partial charge in [0.1, 0.15) is 11.6 Å². The molecule has 4 nitrogen and oxygen atoms in total. The molecule has 130 valence electrons. The van der Waals surface area contributed by atoms with E-state index in [0.717, 1.165) is 28.2 Å². The number of hydrogen-bond donors (Lipinski definition) is 1. The molecule has 0 aliphatic carbocycles. The first kappa shape index (κ1) is 16.7. The number of aliphatic imine (C=N–C) groups is 1. The molecule has 0 fully saturated rings. The van der Waals surface area contributed by atoms with Gasteiger partial charge in [0.25, 0.3) is 0 Å². The van der Waals surface area contributed by atoms with Gasteiger partial charge in [0, 0.05) is 17.4 Å². The number of pyridine rings is 1. The van der Waals surface area contributed by atoms with Gasteiger partial charge in [0.15, 0.2) is 0 Å². The molecule has 4 heteroatoms. The molecular formula is C23H18N4. The molecule has 1 N–H and O–H groups in total. The molecule has 27 heavy (non-hydrogen) atoms. The predicted molar refractivity (Wildman–Crippen MR) is 109 cm³/mol. The number of anilines is 1. The molecule has 0 saturated carbocycles. The van der Waals surface area contributed by atoms with Crippen LogP contribution in [0.1, 0.15) is 22.4 Å². The zero-order valence-electron chi connectivity index (χ0n) is 15.2. The zero-order chi connectivity index (χ0) is 18.8. The molecular weight excluding hydrogens is 332 g/mol. The number of hydrogen-bond acceptors (Lipinski definition) is 4. The average molecular weight is 350 g/mol. The van der Waals surface area contributed by atoms with E-state index in [1.54, 1.807) is 6.20 Å². The van der Waals surface area contributed by atoms with Crippen molar-refractivity contribution in [3.8, 4) is 6.07 Å². The number of allylic oxidation sites excluding steroid dienone is 2. The number of nitrogens with zero attached hydrogens (tertiary/aromatic N) is 3. The summed E-state index contributed by atoms with van der Waals surface area (Å²) in [6.07, 6.45) is 1.69. The van der Waals surface area contributed by atoms with Crippen molar-refractivity contribution in [1.82, 2.24) is 4.98 Å². The van der Waals surface area contributed by atoms with Crippen molar-refractivity contribution in [1.29, 1.82) is 5.26 Å². The average Bonchev–Trinajstić information content (AvgIpc) is 3.02. The molecule has 1 aliphatic heterocycles. The van der Waals surface area contributed by atoms with Crippen LogP contribution in [0.25, 0.3) is 5.57 Å². The Kier molecular flexibility index (Phi) is 4.27. The fraction of sp³-hybridized carbons (Fsp3) is 0.0870. The zero-order valence-corrected chi connectivity index (χ0v) is 15.2. The molecule has 2 aromatic carbocycles. The minimum atomic E-state index is 0.482. The van der Waals surface area contributed by atoms with E-state index in [2.05, 4.69) is 29.4 Å². The van der Waals surface area contributed by atoms with Crippen molar-refractivity contribution in [2.45, 2.75) is 13.8 Å². The monoisotopic (exact) mass is 350 g/mol. The number of fused-ring (bicyclic) bond motifs is 1. The van der Waals surface area contributed by atoms with E-state index < -0.39 is 0 Å². The fourth-order valence-electron chi connectivity index (χ4n) is 3.09. The molecule has 0 unspecified atom stereocenters. The molecule has 0 amide bonds. The minimum absolute atomic E-state index is 0.482. The molecule has 3 aromatic rings. The summed E-state index contributed by atoms with van der Waals surface area (Å²) in [6, 6.07) is 22.1. The van der Waals surface area contributed by atoms with Crippen LogP contribution in [0.15, 0.2) is 77.5 Å². The van der Waals surface area contributed by atoms with Crippen LogP contribution in [-0.2, 0) is 0 Å². The normalized spacial score (nSPS) is 15.8. The molecule has 0 radical (unpaired) electrons. The lowest BCUT2D eigenvalue weighted by Crippen LogP contribution is -2.06. The number of benzene rings is 2. The highest BCUT2D eigenvalue weighted by Gasteiger charge is 2.27. The molecule has 0 atom stereocenters. The van der Waals surface area contributed by atoms with Crippen LogP contribution in [0.2, 0.25) is 0 Å². The summed E-state index contributed by atoms with van der Waals surface area (Å²) in [6.45, 7) is 4.10. The lowest BCUT2D eigenvalue weighted by Gasteiger charge is -2.06. The largest absolute Gasteiger partial charge is 0.352 e. The van der Waals surface area contributed by atoms with Crippen LogP contribution in [0.4, 0.5) is 11.4 Å². The Balaban J connectivity index is 1.95. The first-order chi connectivity index (χ1) is 13.2. The third-order valence-electron chi connectivity index (χ3n) is 4.48. The predicted octanol–water partition coefficient (Wildman–Crippen LogP) is 5.18. The molecule has 0 saturated heterocycles. The highest BCUT2D eigenvalue weighted by Crippen LogP contribution is 2.34. The lowest BCUT2D eigenvalue weighted by molar-refractivity contribution is 1.27. The van der Waals surface area contributed by atoms with Gasteiger partial charge in [0.05, 0.1) is 22.8 Å². The van der Waals surface area contributed by atoms with E-state index in [1.165, 1.54) is 5.56 Å². The van der Waals surface area contributed by atoms with Gasteiger partial charge < -0.3 is 5.32 Å². The molecule has 1 aliphatic rings. The van der Waals surface area contributed by atoms with E-state index in [4.69, 9.17) is 4.99 Å². The summed E-state index contributed by atoms with van der Waals surface area (Å²) in [4.78, 5) is 9.23. The van der Waals surface area contributed by atoms with Crippen molar-refractivity contribution in [2.24, 2.45) is 4.99 Å². The minimum Gasteiger partial charge on any atom is -0.352 e. The summed E-state index contributed by atoms with van der Waals surface area (Å²) in [5, 5.41) is 13.2. The van der Waals surface area contributed by atoms with E-state index >= 15 is 0 Å². The Morgan fingerprint density at radius 3 is 2.48 bits per heavy atom. The first-order valence-electron chi connectivity index (χ1n) is 8.75. The summed E-state index contributed by atoms with van der Waals surface area (Å²) >= 11 is 0. The van der Waals surface area contributed by atoms with Crippen LogP contribution in [0.5, 0.6) is 0 Å². The van der Waals surface area contributed by atoms with E-state index in [9.17, 15) is 5.26 Å². The first-order valence-corrected chi connectivity index (χ1v) is 8.75. The maximum Gasteiger partial charge on any atom is 0.104 e. The molecule has 4 rings (SSSR count). The van der Waals surface area contributed by atoms with Crippen LogP contribution in [-0.4, -0.2) is 10.7 Å². The maximum absolute atomic E-state index is 9.85. The highest BCUT2D eigenvalue weighted by atomic mass is 15.0. The van der Waals surface area contributed by atoms with E-state index in [0.29, 0.717) is 17.0 Å². The van der Waals surface area contributed by atoms with E-state index in [1.807, 2.05) is 61.5 Å². The third kappa shape index (κ3) is 3.23. The molecule has 0 bridgehead atoms. The second-order valence-corrected chi connectivity index (χ2v) is 6.55. The van der Waals surface area contributed by atoms with Gasteiger partial charge in [-0.15, -0.1) is 0 Å². The highest BCUT2D eigenvalue weighted by molar-refractivity contribution is 6.26. The smallest absolute Gasteiger partial charge is 0.104 e. The molecule has 0 spiro atoms. The summed E-state index contributed by atoms with van der Waals surface area (Å²) < 4.78 is 0. The summed E-state index contributed by atoms with van der Waals surface area (Å²) in [7, 11) is 0. The number of aromatic nitrogens is 1. The second-order valence-electron chi connectivity index (χ2n) is 6.55. The van der Waals surface area contributed by atoms with Crippen molar-refractivity contribution < 1.29 is 0 Å². The van der Waals surface area contributed by atoms with Gasteiger partial charge in [-0.2, -0.15) is 5.26 Å². The Morgan fingerprint density at radius 1 is 1.00 bits per heavy atom. The van der Waals surface area contributed by atoms with Gasteiger partial charge in [-0.05, 0) is 50.2 Å². The van der Waals surface area contributed by atoms with Crippen molar-refractivity contribution in [3.63, 3.8) is 0 Å². The molecule has 1 aromatic heterocycles. The SMILES string of the molecule is Cc1ccc(N=C2/C(=C(\C#N)c3ccccn3)Nc3ccc(C)cc32)cc1. The van der Waals surface area contributed by atoms with E-state index in [-0.39, 0.29) is 0 Å². The number of nitriles is 1.